The first kappa shape index (κ1) is 18.5. The third kappa shape index (κ3) is 5.85. The van der Waals surface area contributed by atoms with Crippen molar-refractivity contribution in [2.24, 2.45) is 0 Å². The Morgan fingerprint density at radius 3 is 2.33 bits per heavy atom. The number of hydrogen-bond acceptors (Lipinski definition) is 5. The van der Waals surface area contributed by atoms with E-state index in [0.29, 0.717) is 12.4 Å². The third-order valence-electron chi connectivity index (χ3n) is 3.81. The molecule has 5 heteroatoms. The Balaban J connectivity index is 1.44. The van der Waals surface area contributed by atoms with Crippen LogP contribution in [0.1, 0.15) is 18.2 Å². The van der Waals surface area contributed by atoms with E-state index in [1.807, 2.05) is 60.7 Å². The summed E-state index contributed by atoms with van der Waals surface area (Å²) in [5, 5.41) is 0. The second-order valence-corrected chi connectivity index (χ2v) is 5.93. The molecule has 0 bridgehead atoms. The Kier molecular flexibility index (Phi) is 6.41. The van der Waals surface area contributed by atoms with Gasteiger partial charge in [-0.2, -0.15) is 0 Å². The number of carbonyl (C=O) groups excluding carboxylic acids is 1. The number of benzene rings is 2. The maximum atomic E-state index is 12.1. The maximum absolute atomic E-state index is 12.1. The minimum atomic E-state index is -0.673. The smallest absolute Gasteiger partial charge is 0.347 e. The molecule has 0 spiro atoms. The highest BCUT2D eigenvalue weighted by molar-refractivity contribution is 5.74. The molecule has 1 heterocycles. The molecule has 138 valence electrons. The third-order valence-corrected chi connectivity index (χ3v) is 3.81. The first-order valence-corrected chi connectivity index (χ1v) is 8.71. The Labute approximate surface area is 158 Å². The maximum Gasteiger partial charge on any atom is 0.347 e. The van der Waals surface area contributed by atoms with Crippen LogP contribution in [0.4, 0.5) is 0 Å². The minimum absolute atomic E-state index is 0.182. The topological polar surface area (TPSA) is 57.7 Å². The van der Waals surface area contributed by atoms with Crippen LogP contribution in [0.25, 0.3) is 0 Å². The van der Waals surface area contributed by atoms with Crippen molar-refractivity contribution < 1.29 is 19.0 Å². The zero-order valence-electron chi connectivity index (χ0n) is 15.1. The van der Waals surface area contributed by atoms with Crippen molar-refractivity contribution >= 4 is 5.97 Å². The lowest BCUT2D eigenvalue weighted by Gasteiger charge is -2.14. The first-order valence-electron chi connectivity index (χ1n) is 8.71. The lowest BCUT2D eigenvalue weighted by atomic mass is 10.2. The van der Waals surface area contributed by atoms with Gasteiger partial charge in [0.25, 0.3) is 0 Å². The normalized spacial score (nSPS) is 11.4. The second kappa shape index (κ2) is 9.38. The van der Waals surface area contributed by atoms with E-state index >= 15 is 0 Å². The molecule has 0 aliphatic rings. The quantitative estimate of drug-likeness (QED) is 0.562. The van der Waals surface area contributed by atoms with Crippen LogP contribution in [0, 0.1) is 0 Å². The second-order valence-electron chi connectivity index (χ2n) is 5.93. The molecule has 0 saturated carbocycles. The summed E-state index contributed by atoms with van der Waals surface area (Å²) in [6.45, 7) is 2.26. The van der Waals surface area contributed by atoms with E-state index in [1.165, 1.54) is 0 Å². The van der Waals surface area contributed by atoms with Crippen molar-refractivity contribution in [2.75, 3.05) is 0 Å². The van der Waals surface area contributed by atoms with E-state index in [2.05, 4.69) is 4.98 Å². The molecule has 3 aromatic rings. The number of para-hydroxylation sites is 1. The molecule has 0 radical (unpaired) electrons. The van der Waals surface area contributed by atoms with Gasteiger partial charge in [-0.1, -0.05) is 36.4 Å². The van der Waals surface area contributed by atoms with Crippen LogP contribution in [0.5, 0.6) is 11.5 Å². The van der Waals surface area contributed by atoms with Crippen LogP contribution in [-0.2, 0) is 22.7 Å². The SMILES string of the molecule is CC(Oc1ccccc1)C(=O)OCc1ccc(OCc2ccccn2)cc1. The van der Waals surface area contributed by atoms with Crippen LogP contribution in [0.3, 0.4) is 0 Å². The Morgan fingerprint density at radius 2 is 1.63 bits per heavy atom. The van der Waals surface area contributed by atoms with Gasteiger partial charge in [-0.15, -0.1) is 0 Å². The molecule has 0 aliphatic carbocycles. The van der Waals surface area contributed by atoms with Crippen molar-refractivity contribution in [1.29, 1.82) is 0 Å². The van der Waals surface area contributed by atoms with Gasteiger partial charge in [0.05, 0.1) is 5.69 Å². The van der Waals surface area contributed by atoms with E-state index in [1.54, 1.807) is 25.3 Å². The number of carbonyl (C=O) groups is 1. The summed E-state index contributed by atoms with van der Waals surface area (Å²) in [4.78, 5) is 16.3. The van der Waals surface area contributed by atoms with Crippen LogP contribution < -0.4 is 9.47 Å². The predicted octanol–water partition coefficient (Wildman–Crippen LogP) is 4.17. The molecule has 1 atom stereocenters. The van der Waals surface area contributed by atoms with Gasteiger partial charge < -0.3 is 14.2 Å². The van der Waals surface area contributed by atoms with Gasteiger partial charge in [0, 0.05) is 6.20 Å². The molecule has 2 aromatic carbocycles. The van der Waals surface area contributed by atoms with Gasteiger partial charge in [-0.05, 0) is 48.9 Å². The number of aromatic nitrogens is 1. The summed E-state index contributed by atoms with van der Waals surface area (Å²) < 4.78 is 16.6. The fourth-order valence-corrected chi connectivity index (χ4v) is 2.35. The number of pyridine rings is 1. The van der Waals surface area contributed by atoms with Gasteiger partial charge in [0.2, 0.25) is 0 Å². The van der Waals surface area contributed by atoms with Crippen molar-refractivity contribution in [3.05, 3.63) is 90.3 Å². The molecule has 3 rings (SSSR count). The van der Waals surface area contributed by atoms with Gasteiger partial charge >= 0.3 is 5.97 Å². The first-order chi connectivity index (χ1) is 13.2. The summed E-state index contributed by atoms with van der Waals surface area (Å²) in [5.41, 5.74) is 1.74. The lowest BCUT2D eigenvalue weighted by molar-refractivity contribution is -0.152. The Bertz CT molecular complexity index is 835. The van der Waals surface area contributed by atoms with Crippen LogP contribution >= 0.6 is 0 Å². The van der Waals surface area contributed by atoms with E-state index in [-0.39, 0.29) is 6.61 Å². The molecule has 0 aliphatic heterocycles. The lowest BCUT2D eigenvalue weighted by Crippen LogP contribution is -2.25. The van der Waals surface area contributed by atoms with Crippen molar-refractivity contribution in [1.82, 2.24) is 4.98 Å². The van der Waals surface area contributed by atoms with Gasteiger partial charge in [-0.25, -0.2) is 4.79 Å². The fraction of sp³-hybridized carbons (Fsp3) is 0.182. The highest BCUT2D eigenvalue weighted by Crippen LogP contribution is 2.15. The van der Waals surface area contributed by atoms with Crippen LogP contribution in [-0.4, -0.2) is 17.1 Å². The van der Waals surface area contributed by atoms with Gasteiger partial charge in [-0.3, -0.25) is 4.98 Å². The number of rotatable bonds is 8. The predicted molar refractivity (Wildman–Crippen MR) is 101 cm³/mol. The summed E-state index contributed by atoms with van der Waals surface area (Å²) in [7, 11) is 0. The average Bonchev–Trinajstić information content (AvgIpc) is 2.72. The monoisotopic (exact) mass is 363 g/mol. The van der Waals surface area contributed by atoms with Crippen molar-refractivity contribution in [3.8, 4) is 11.5 Å². The molecular formula is C22H21NO4. The zero-order chi connectivity index (χ0) is 18.9. The van der Waals surface area contributed by atoms with E-state index < -0.39 is 12.1 Å². The van der Waals surface area contributed by atoms with Crippen LogP contribution in [0.2, 0.25) is 0 Å². The molecular weight excluding hydrogens is 342 g/mol. The number of ether oxygens (including phenoxy) is 3. The minimum Gasteiger partial charge on any atom is -0.487 e. The number of nitrogens with zero attached hydrogens (tertiary/aromatic N) is 1. The number of hydrogen-bond donors (Lipinski definition) is 0. The molecule has 5 nitrogen and oxygen atoms in total. The summed E-state index contributed by atoms with van der Waals surface area (Å²) in [6.07, 6.45) is 1.06. The standard InChI is InChI=1S/C22H21NO4/c1-17(27-21-8-3-2-4-9-21)22(24)26-15-18-10-12-20(13-11-18)25-16-19-7-5-6-14-23-19/h2-14,17H,15-16H2,1H3. The molecule has 0 fully saturated rings. The highest BCUT2D eigenvalue weighted by Gasteiger charge is 2.16. The summed E-state index contributed by atoms with van der Waals surface area (Å²) in [5.74, 6) is 0.960. The summed E-state index contributed by atoms with van der Waals surface area (Å²) >= 11 is 0. The van der Waals surface area contributed by atoms with Crippen LogP contribution in [0.15, 0.2) is 79.0 Å². The molecule has 0 amide bonds. The van der Waals surface area contributed by atoms with E-state index in [9.17, 15) is 4.79 Å². The van der Waals surface area contributed by atoms with E-state index in [0.717, 1.165) is 17.0 Å². The molecule has 0 saturated heterocycles. The molecule has 0 N–H and O–H groups in total. The Hall–Kier alpha value is -3.34. The van der Waals surface area contributed by atoms with Crippen molar-refractivity contribution in [2.45, 2.75) is 26.2 Å². The molecule has 27 heavy (non-hydrogen) atoms. The van der Waals surface area contributed by atoms with Gasteiger partial charge in [0.1, 0.15) is 24.7 Å². The van der Waals surface area contributed by atoms with Crippen molar-refractivity contribution in [3.63, 3.8) is 0 Å². The average molecular weight is 363 g/mol. The largest absolute Gasteiger partial charge is 0.487 e. The summed E-state index contributed by atoms with van der Waals surface area (Å²) in [6, 6.07) is 22.3. The Morgan fingerprint density at radius 1 is 0.889 bits per heavy atom. The van der Waals surface area contributed by atoms with Gasteiger partial charge in [0.15, 0.2) is 6.10 Å². The number of esters is 1. The fourth-order valence-electron chi connectivity index (χ4n) is 2.35. The zero-order valence-corrected chi connectivity index (χ0v) is 15.1. The molecule has 1 unspecified atom stereocenters. The highest BCUT2D eigenvalue weighted by atomic mass is 16.6. The van der Waals surface area contributed by atoms with E-state index in [4.69, 9.17) is 14.2 Å². The molecule has 1 aromatic heterocycles.